The third-order valence-electron chi connectivity index (χ3n) is 4.84. The zero-order valence-electron chi connectivity index (χ0n) is 11.2. The molecule has 1 heterocycles. The fourth-order valence-electron chi connectivity index (χ4n) is 3.88. The molecule has 0 aromatic heterocycles. The van der Waals surface area contributed by atoms with Gasteiger partial charge < -0.3 is 10.5 Å². The molecule has 2 heteroatoms. The van der Waals surface area contributed by atoms with Gasteiger partial charge in [-0.2, -0.15) is 0 Å². The molecule has 0 bridgehead atoms. The summed E-state index contributed by atoms with van der Waals surface area (Å²) in [6.45, 7) is 2.28. The summed E-state index contributed by atoms with van der Waals surface area (Å²) in [5.41, 5.74) is 7.59. The maximum Gasteiger partial charge on any atom is 0.124 e. The second kappa shape index (κ2) is 4.58. The molecule has 2 unspecified atom stereocenters. The van der Waals surface area contributed by atoms with E-state index in [1.54, 1.807) is 0 Å². The Morgan fingerprint density at radius 1 is 1.33 bits per heavy atom. The molecular formula is C16H23NO. The molecule has 1 aliphatic heterocycles. The number of para-hydroxylation sites is 1. The van der Waals surface area contributed by atoms with E-state index in [0.29, 0.717) is 5.92 Å². The van der Waals surface area contributed by atoms with E-state index < -0.39 is 0 Å². The van der Waals surface area contributed by atoms with E-state index >= 15 is 0 Å². The van der Waals surface area contributed by atoms with Crippen molar-refractivity contribution in [2.45, 2.75) is 57.1 Å². The summed E-state index contributed by atoms with van der Waals surface area (Å²) < 4.78 is 6.45. The fraction of sp³-hybridized carbons (Fsp3) is 0.625. The lowest BCUT2D eigenvalue weighted by atomic mass is 9.69. The van der Waals surface area contributed by atoms with Crippen molar-refractivity contribution < 1.29 is 4.74 Å². The van der Waals surface area contributed by atoms with Crippen molar-refractivity contribution in [3.63, 3.8) is 0 Å². The molecule has 0 amide bonds. The van der Waals surface area contributed by atoms with E-state index in [2.05, 4.69) is 25.1 Å². The van der Waals surface area contributed by atoms with Crippen LogP contribution in [0.4, 0.5) is 0 Å². The number of hydrogen-bond acceptors (Lipinski definition) is 2. The summed E-state index contributed by atoms with van der Waals surface area (Å²) in [6, 6.07) is 8.43. The van der Waals surface area contributed by atoms with Crippen molar-refractivity contribution in [3.05, 3.63) is 29.8 Å². The molecule has 3 atom stereocenters. The van der Waals surface area contributed by atoms with Crippen molar-refractivity contribution >= 4 is 0 Å². The number of nitrogens with two attached hydrogens (primary N) is 1. The highest BCUT2D eigenvalue weighted by molar-refractivity contribution is 5.39. The first kappa shape index (κ1) is 12.0. The summed E-state index contributed by atoms with van der Waals surface area (Å²) in [5, 5.41) is 0. The minimum absolute atomic E-state index is 0.0147. The Morgan fingerprint density at radius 2 is 2.17 bits per heavy atom. The van der Waals surface area contributed by atoms with Crippen LogP contribution in [-0.2, 0) is 0 Å². The molecule has 1 aliphatic carbocycles. The standard InChI is InChI=1S/C16H23NO/c1-2-12-7-5-6-10-16(12)11-14(17)13-8-3-4-9-15(13)18-16/h3-4,8-9,12,14H,2,5-7,10-11,17H2,1H3/t12?,14-,16?/m1/s1. The van der Waals surface area contributed by atoms with E-state index in [-0.39, 0.29) is 11.6 Å². The molecule has 1 aromatic carbocycles. The van der Waals surface area contributed by atoms with Crippen molar-refractivity contribution in [2.24, 2.45) is 11.7 Å². The molecule has 1 spiro atoms. The van der Waals surface area contributed by atoms with Crippen LogP contribution in [0.1, 0.15) is 57.1 Å². The Balaban J connectivity index is 1.96. The van der Waals surface area contributed by atoms with Gasteiger partial charge in [0.25, 0.3) is 0 Å². The molecular weight excluding hydrogens is 222 g/mol. The van der Waals surface area contributed by atoms with Gasteiger partial charge in [-0.05, 0) is 37.7 Å². The highest BCUT2D eigenvalue weighted by Gasteiger charge is 2.46. The minimum atomic E-state index is 0.0147. The van der Waals surface area contributed by atoms with Crippen LogP contribution in [0.5, 0.6) is 5.75 Å². The molecule has 3 rings (SSSR count). The van der Waals surface area contributed by atoms with Gasteiger partial charge in [0.05, 0.1) is 0 Å². The molecule has 1 fully saturated rings. The Bertz CT molecular complexity index is 431. The van der Waals surface area contributed by atoms with Gasteiger partial charge in [0.1, 0.15) is 11.4 Å². The van der Waals surface area contributed by atoms with E-state index in [4.69, 9.17) is 10.5 Å². The second-order valence-corrected chi connectivity index (χ2v) is 5.87. The molecule has 0 saturated heterocycles. The number of benzene rings is 1. The fourth-order valence-corrected chi connectivity index (χ4v) is 3.88. The van der Waals surface area contributed by atoms with Crippen molar-refractivity contribution in [3.8, 4) is 5.75 Å². The summed E-state index contributed by atoms with van der Waals surface area (Å²) in [5.74, 6) is 1.70. The second-order valence-electron chi connectivity index (χ2n) is 5.87. The lowest BCUT2D eigenvalue weighted by Gasteiger charge is -2.48. The summed E-state index contributed by atoms with van der Waals surface area (Å²) in [7, 11) is 0. The van der Waals surface area contributed by atoms with E-state index in [0.717, 1.165) is 12.2 Å². The normalized spacial score (nSPS) is 35.0. The van der Waals surface area contributed by atoms with Crippen LogP contribution in [0.3, 0.4) is 0 Å². The van der Waals surface area contributed by atoms with E-state index in [1.807, 2.05) is 6.07 Å². The Labute approximate surface area is 110 Å². The average Bonchev–Trinajstić information content (AvgIpc) is 2.39. The molecule has 18 heavy (non-hydrogen) atoms. The highest BCUT2D eigenvalue weighted by atomic mass is 16.5. The molecule has 0 radical (unpaired) electrons. The van der Waals surface area contributed by atoms with Crippen LogP contribution >= 0.6 is 0 Å². The first-order valence-electron chi connectivity index (χ1n) is 7.29. The monoisotopic (exact) mass is 245 g/mol. The minimum Gasteiger partial charge on any atom is -0.487 e. The average molecular weight is 245 g/mol. The zero-order valence-corrected chi connectivity index (χ0v) is 11.2. The number of rotatable bonds is 1. The van der Waals surface area contributed by atoms with Crippen molar-refractivity contribution in [2.75, 3.05) is 0 Å². The number of ether oxygens (including phenoxy) is 1. The lowest BCUT2D eigenvalue weighted by molar-refractivity contribution is -0.0489. The van der Waals surface area contributed by atoms with E-state index in [1.165, 1.54) is 37.7 Å². The lowest BCUT2D eigenvalue weighted by Crippen LogP contribution is -2.50. The Kier molecular flexibility index (Phi) is 3.06. The Morgan fingerprint density at radius 3 is 3.00 bits per heavy atom. The number of hydrogen-bond donors (Lipinski definition) is 1. The van der Waals surface area contributed by atoms with Gasteiger partial charge >= 0.3 is 0 Å². The Hall–Kier alpha value is -1.02. The molecule has 98 valence electrons. The van der Waals surface area contributed by atoms with E-state index in [9.17, 15) is 0 Å². The van der Waals surface area contributed by atoms with Crippen LogP contribution in [-0.4, -0.2) is 5.60 Å². The first-order chi connectivity index (χ1) is 8.75. The molecule has 1 aromatic rings. The molecule has 2 aliphatic rings. The van der Waals surface area contributed by atoms with Crippen molar-refractivity contribution in [1.29, 1.82) is 0 Å². The van der Waals surface area contributed by atoms with Crippen molar-refractivity contribution in [1.82, 2.24) is 0 Å². The molecule has 2 nitrogen and oxygen atoms in total. The SMILES string of the molecule is CCC1CCCCC12C[C@@H](N)c1ccccc1O2. The molecule has 1 saturated carbocycles. The van der Waals surface area contributed by atoms with Gasteiger partial charge in [0.15, 0.2) is 0 Å². The maximum absolute atomic E-state index is 6.45. The van der Waals surface area contributed by atoms with Gasteiger partial charge in [0, 0.05) is 18.0 Å². The van der Waals surface area contributed by atoms with Gasteiger partial charge in [-0.25, -0.2) is 0 Å². The summed E-state index contributed by atoms with van der Waals surface area (Å²) in [4.78, 5) is 0. The van der Waals surface area contributed by atoms with Crippen LogP contribution < -0.4 is 10.5 Å². The predicted molar refractivity (Wildman–Crippen MR) is 73.6 cm³/mol. The van der Waals surface area contributed by atoms with Gasteiger partial charge in [-0.1, -0.05) is 31.5 Å². The van der Waals surface area contributed by atoms with Crippen LogP contribution in [0.25, 0.3) is 0 Å². The summed E-state index contributed by atoms with van der Waals surface area (Å²) >= 11 is 0. The van der Waals surface area contributed by atoms with Crippen LogP contribution in [0, 0.1) is 5.92 Å². The smallest absolute Gasteiger partial charge is 0.124 e. The van der Waals surface area contributed by atoms with Crippen LogP contribution in [0.15, 0.2) is 24.3 Å². The largest absolute Gasteiger partial charge is 0.487 e. The topological polar surface area (TPSA) is 35.2 Å². The van der Waals surface area contributed by atoms with Gasteiger partial charge in [-0.15, -0.1) is 0 Å². The third kappa shape index (κ3) is 1.83. The molecule has 2 N–H and O–H groups in total. The van der Waals surface area contributed by atoms with Gasteiger partial charge in [-0.3, -0.25) is 0 Å². The maximum atomic E-state index is 6.45. The number of fused-ring (bicyclic) bond motifs is 1. The first-order valence-corrected chi connectivity index (χ1v) is 7.29. The zero-order chi connectivity index (χ0) is 12.6. The third-order valence-corrected chi connectivity index (χ3v) is 4.84. The van der Waals surface area contributed by atoms with Gasteiger partial charge in [0.2, 0.25) is 0 Å². The highest BCUT2D eigenvalue weighted by Crippen LogP contribution is 2.48. The van der Waals surface area contributed by atoms with Crippen LogP contribution in [0.2, 0.25) is 0 Å². The quantitative estimate of drug-likeness (QED) is 0.816. The predicted octanol–water partition coefficient (Wildman–Crippen LogP) is 3.81. The summed E-state index contributed by atoms with van der Waals surface area (Å²) in [6.07, 6.45) is 7.29.